The van der Waals surface area contributed by atoms with Gasteiger partial charge in [-0.25, -0.2) is 8.42 Å². The summed E-state index contributed by atoms with van der Waals surface area (Å²) in [5, 5.41) is 2.68. The Morgan fingerprint density at radius 1 is 1.12 bits per heavy atom. The van der Waals surface area contributed by atoms with Crippen LogP contribution in [-0.4, -0.2) is 63.0 Å². The van der Waals surface area contributed by atoms with Crippen LogP contribution in [0.4, 0.5) is 5.69 Å². The molecule has 2 aromatic rings. The number of rotatable bonds is 8. The van der Waals surface area contributed by atoms with E-state index in [1.807, 2.05) is 0 Å². The van der Waals surface area contributed by atoms with Gasteiger partial charge in [-0.3, -0.25) is 14.6 Å². The van der Waals surface area contributed by atoms with Crippen LogP contribution in [0, 0.1) is 5.92 Å². The first-order valence-electron chi connectivity index (χ1n) is 10.4. The molecule has 1 aromatic heterocycles. The highest BCUT2D eigenvalue weighted by atomic mass is 32.2. The minimum atomic E-state index is -3.66. The molecule has 1 aliphatic rings. The normalized spacial score (nSPS) is 16.0. The van der Waals surface area contributed by atoms with Gasteiger partial charge in [0.2, 0.25) is 10.0 Å². The first kappa shape index (κ1) is 24.5. The zero-order chi connectivity index (χ0) is 24.0. The van der Waals surface area contributed by atoms with Crippen molar-refractivity contribution in [3.05, 3.63) is 42.7 Å². The summed E-state index contributed by atoms with van der Waals surface area (Å²) in [6.45, 7) is 1.85. The van der Waals surface area contributed by atoms with E-state index in [1.165, 1.54) is 43.9 Å². The Balaban J connectivity index is 1.53. The minimum Gasteiger partial charge on any atom is -0.493 e. The molecular formula is C22H27N3O7S. The number of hydrogen-bond donors (Lipinski definition) is 1. The highest BCUT2D eigenvalue weighted by Crippen LogP contribution is 2.30. The molecule has 0 radical (unpaired) electrons. The molecule has 1 N–H and O–H groups in total. The number of sulfonamides is 1. The number of methoxy groups -OCH3 is 2. The summed E-state index contributed by atoms with van der Waals surface area (Å²) in [4.78, 5) is 29.0. The van der Waals surface area contributed by atoms with E-state index in [4.69, 9.17) is 14.2 Å². The van der Waals surface area contributed by atoms with Gasteiger partial charge >= 0.3 is 5.97 Å². The number of hydrogen-bond acceptors (Lipinski definition) is 8. The zero-order valence-electron chi connectivity index (χ0n) is 18.7. The third kappa shape index (κ3) is 5.79. The summed E-state index contributed by atoms with van der Waals surface area (Å²) in [6, 6.07) is 7.95. The van der Waals surface area contributed by atoms with Gasteiger partial charge in [-0.1, -0.05) is 0 Å². The van der Waals surface area contributed by atoms with Gasteiger partial charge in [-0.2, -0.15) is 4.31 Å². The van der Waals surface area contributed by atoms with Crippen LogP contribution in [-0.2, 0) is 24.3 Å². The van der Waals surface area contributed by atoms with Crippen molar-refractivity contribution in [2.24, 2.45) is 5.92 Å². The standard InChI is InChI=1S/C22H27N3O7S/c1-15(21(26)24-17-6-7-19(30-2)20(13-17)31-3)32-22(27)16-8-11-25(12-9-16)33(28,29)18-5-4-10-23-14-18/h4-7,10,13-16H,8-9,11-12H2,1-3H3,(H,24,26). The van der Waals surface area contributed by atoms with Gasteiger partial charge in [-0.05, 0) is 44.0 Å². The van der Waals surface area contributed by atoms with Gasteiger partial charge in [-0.15, -0.1) is 0 Å². The molecule has 0 aliphatic carbocycles. The van der Waals surface area contributed by atoms with E-state index < -0.39 is 33.9 Å². The summed E-state index contributed by atoms with van der Waals surface area (Å²) in [6.07, 6.45) is 2.39. The molecule has 33 heavy (non-hydrogen) atoms. The lowest BCUT2D eigenvalue weighted by atomic mass is 9.98. The lowest BCUT2D eigenvalue weighted by molar-refractivity contribution is -0.158. The van der Waals surface area contributed by atoms with Crippen LogP contribution in [0.5, 0.6) is 11.5 Å². The molecule has 3 rings (SSSR count). The summed E-state index contributed by atoms with van der Waals surface area (Å²) >= 11 is 0. The number of aromatic nitrogens is 1. The van der Waals surface area contributed by atoms with E-state index in [0.717, 1.165) is 0 Å². The molecule has 0 saturated carbocycles. The lowest BCUT2D eigenvalue weighted by Gasteiger charge is -2.30. The van der Waals surface area contributed by atoms with Crippen molar-refractivity contribution in [3.63, 3.8) is 0 Å². The van der Waals surface area contributed by atoms with Gasteiger partial charge in [0, 0.05) is 37.2 Å². The van der Waals surface area contributed by atoms with E-state index in [9.17, 15) is 18.0 Å². The summed E-state index contributed by atoms with van der Waals surface area (Å²) < 4.78 is 42.4. The second kappa shape index (κ2) is 10.6. The molecule has 1 amide bonds. The van der Waals surface area contributed by atoms with Crippen LogP contribution in [0.1, 0.15) is 19.8 Å². The van der Waals surface area contributed by atoms with Crippen molar-refractivity contribution in [2.75, 3.05) is 32.6 Å². The van der Waals surface area contributed by atoms with Crippen LogP contribution in [0.25, 0.3) is 0 Å². The highest BCUT2D eigenvalue weighted by molar-refractivity contribution is 7.89. The molecule has 1 unspecified atom stereocenters. The maximum absolute atomic E-state index is 12.7. The smallest absolute Gasteiger partial charge is 0.309 e. The van der Waals surface area contributed by atoms with Crippen molar-refractivity contribution in [1.82, 2.24) is 9.29 Å². The molecule has 1 aromatic carbocycles. The Morgan fingerprint density at radius 3 is 2.42 bits per heavy atom. The second-order valence-electron chi connectivity index (χ2n) is 7.51. The summed E-state index contributed by atoms with van der Waals surface area (Å²) in [5.74, 6) is -0.531. The molecule has 10 nitrogen and oxygen atoms in total. The van der Waals surface area contributed by atoms with Crippen LogP contribution < -0.4 is 14.8 Å². The van der Waals surface area contributed by atoms with Gasteiger partial charge < -0.3 is 19.5 Å². The maximum Gasteiger partial charge on any atom is 0.309 e. The maximum atomic E-state index is 12.7. The van der Waals surface area contributed by atoms with Crippen molar-refractivity contribution >= 4 is 27.6 Å². The summed E-state index contributed by atoms with van der Waals surface area (Å²) in [7, 11) is -0.660. The van der Waals surface area contributed by atoms with E-state index >= 15 is 0 Å². The molecule has 1 fully saturated rings. The predicted molar refractivity (Wildman–Crippen MR) is 119 cm³/mol. The SMILES string of the molecule is COc1ccc(NC(=O)C(C)OC(=O)C2CCN(S(=O)(=O)c3cccnc3)CC2)cc1OC. The Morgan fingerprint density at radius 2 is 1.82 bits per heavy atom. The first-order valence-corrected chi connectivity index (χ1v) is 11.8. The Hall–Kier alpha value is -3.18. The first-order chi connectivity index (χ1) is 15.8. The molecule has 1 atom stereocenters. The number of pyridine rings is 1. The van der Waals surface area contributed by atoms with E-state index in [-0.39, 0.29) is 18.0 Å². The van der Waals surface area contributed by atoms with Crippen LogP contribution >= 0.6 is 0 Å². The molecular weight excluding hydrogens is 450 g/mol. The Labute approximate surface area is 192 Å². The van der Waals surface area contributed by atoms with Crippen LogP contribution in [0.3, 0.4) is 0 Å². The number of piperidine rings is 1. The Kier molecular flexibility index (Phi) is 7.88. The highest BCUT2D eigenvalue weighted by Gasteiger charge is 2.34. The monoisotopic (exact) mass is 477 g/mol. The van der Waals surface area contributed by atoms with Crippen molar-refractivity contribution in [3.8, 4) is 11.5 Å². The number of carbonyl (C=O) groups is 2. The molecule has 1 aliphatic heterocycles. The topological polar surface area (TPSA) is 124 Å². The third-order valence-corrected chi connectivity index (χ3v) is 7.25. The molecule has 2 heterocycles. The lowest BCUT2D eigenvalue weighted by Crippen LogP contribution is -2.41. The fourth-order valence-corrected chi connectivity index (χ4v) is 4.90. The number of benzene rings is 1. The molecule has 1 saturated heterocycles. The van der Waals surface area contributed by atoms with Crippen molar-refractivity contribution in [2.45, 2.75) is 30.8 Å². The fraction of sp³-hybridized carbons (Fsp3) is 0.409. The van der Waals surface area contributed by atoms with Crippen molar-refractivity contribution in [1.29, 1.82) is 0 Å². The number of nitrogens with zero attached hydrogens (tertiary/aromatic N) is 2. The predicted octanol–water partition coefficient (Wildman–Crippen LogP) is 2.07. The second-order valence-corrected chi connectivity index (χ2v) is 9.44. The number of esters is 1. The van der Waals surface area contributed by atoms with E-state index in [1.54, 1.807) is 24.3 Å². The number of ether oxygens (including phenoxy) is 3. The third-order valence-electron chi connectivity index (χ3n) is 5.37. The Bertz CT molecular complexity index is 1080. The molecule has 0 bridgehead atoms. The molecule has 178 valence electrons. The van der Waals surface area contributed by atoms with E-state index in [0.29, 0.717) is 30.0 Å². The number of carbonyl (C=O) groups excluding carboxylic acids is 2. The zero-order valence-corrected chi connectivity index (χ0v) is 19.5. The van der Waals surface area contributed by atoms with Gasteiger partial charge in [0.05, 0.1) is 20.1 Å². The van der Waals surface area contributed by atoms with Crippen LogP contribution in [0.15, 0.2) is 47.6 Å². The number of nitrogens with one attached hydrogen (secondary N) is 1. The minimum absolute atomic E-state index is 0.117. The van der Waals surface area contributed by atoms with Crippen molar-refractivity contribution < 1.29 is 32.2 Å². The van der Waals surface area contributed by atoms with E-state index in [2.05, 4.69) is 10.3 Å². The fourth-order valence-electron chi connectivity index (χ4n) is 3.46. The quantitative estimate of drug-likeness (QED) is 0.573. The van der Waals surface area contributed by atoms with Crippen LogP contribution in [0.2, 0.25) is 0 Å². The summed E-state index contributed by atoms with van der Waals surface area (Å²) in [5.41, 5.74) is 0.467. The van der Waals surface area contributed by atoms with Gasteiger partial charge in [0.1, 0.15) is 4.90 Å². The number of amides is 1. The molecule has 0 spiro atoms. The molecule has 11 heteroatoms. The van der Waals surface area contributed by atoms with Gasteiger partial charge in [0.25, 0.3) is 5.91 Å². The average Bonchev–Trinajstić information content (AvgIpc) is 2.84. The number of anilines is 1. The largest absolute Gasteiger partial charge is 0.493 e. The van der Waals surface area contributed by atoms with Gasteiger partial charge in [0.15, 0.2) is 17.6 Å². The average molecular weight is 478 g/mol.